The van der Waals surface area contributed by atoms with Crippen LogP contribution in [0.4, 0.5) is 13.2 Å². The van der Waals surface area contributed by atoms with Crippen molar-refractivity contribution in [2.75, 3.05) is 19.0 Å². The Balaban J connectivity index is 3.93. The molecule has 0 amide bonds. The van der Waals surface area contributed by atoms with Gasteiger partial charge in [0.05, 0.1) is 12.4 Å². The van der Waals surface area contributed by atoms with Crippen molar-refractivity contribution in [3.8, 4) is 0 Å². The molecular weight excluding hydrogens is 271 g/mol. The monoisotopic (exact) mass is 291 g/mol. The summed E-state index contributed by atoms with van der Waals surface area (Å²) in [6, 6.07) is 0. The van der Waals surface area contributed by atoms with Gasteiger partial charge in [-0.1, -0.05) is 13.8 Å². The Hall–Kier alpha value is -0.340. The van der Waals surface area contributed by atoms with Gasteiger partial charge in [-0.2, -0.15) is 13.2 Å². The van der Waals surface area contributed by atoms with Crippen molar-refractivity contribution in [2.45, 2.75) is 32.9 Å². The summed E-state index contributed by atoms with van der Waals surface area (Å²) in [5.41, 5.74) is 0. The normalized spacial score (nSPS) is 15.1. The molecule has 110 valence electrons. The zero-order valence-corrected chi connectivity index (χ0v) is 11.4. The summed E-state index contributed by atoms with van der Waals surface area (Å²) in [6.07, 6.45) is -5.19. The number of ether oxygens (including phenoxy) is 1. The second kappa shape index (κ2) is 7.30. The lowest BCUT2D eigenvalue weighted by Gasteiger charge is -2.19. The Bertz CT molecular complexity index is 328. The molecule has 1 atom stereocenters. The summed E-state index contributed by atoms with van der Waals surface area (Å²) in [4.78, 5) is 0. The van der Waals surface area contributed by atoms with E-state index in [9.17, 15) is 21.6 Å². The highest BCUT2D eigenvalue weighted by atomic mass is 32.2. The molecule has 0 radical (unpaired) electrons. The molecule has 0 aromatic rings. The fourth-order valence-corrected chi connectivity index (χ4v) is 2.42. The van der Waals surface area contributed by atoms with Crippen LogP contribution in [-0.4, -0.2) is 33.6 Å². The maximum atomic E-state index is 11.8. The number of hydrogen-bond donors (Lipinski definition) is 1. The van der Waals surface area contributed by atoms with Crippen LogP contribution in [0.15, 0.2) is 0 Å². The topological polar surface area (TPSA) is 69.4 Å². The first kappa shape index (κ1) is 17.7. The van der Waals surface area contributed by atoms with Crippen molar-refractivity contribution in [3.63, 3.8) is 0 Å². The molecule has 1 unspecified atom stereocenters. The molecule has 2 N–H and O–H groups in total. The molecule has 0 aliphatic carbocycles. The van der Waals surface area contributed by atoms with Gasteiger partial charge in [0.25, 0.3) is 0 Å². The Morgan fingerprint density at radius 2 is 1.83 bits per heavy atom. The van der Waals surface area contributed by atoms with E-state index >= 15 is 0 Å². The van der Waals surface area contributed by atoms with Crippen LogP contribution < -0.4 is 5.14 Å². The van der Waals surface area contributed by atoms with E-state index in [0.29, 0.717) is 0 Å². The van der Waals surface area contributed by atoms with E-state index in [0.717, 1.165) is 0 Å². The van der Waals surface area contributed by atoms with Crippen LogP contribution in [0.3, 0.4) is 0 Å². The SMILES string of the molecule is CC(C)C(COCCCC(F)(F)F)CS(N)(=O)=O. The number of halogens is 3. The van der Waals surface area contributed by atoms with Crippen molar-refractivity contribution in [1.29, 1.82) is 0 Å². The molecule has 8 heteroatoms. The van der Waals surface area contributed by atoms with Crippen LogP contribution in [0.5, 0.6) is 0 Å². The van der Waals surface area contributed by atoms with Crippen molar-refractivity contribution >= 4 is 10.0 Å². The highest BCUT2D eigenvalue weighted by molar-refractivity contribution is 7.89. The molecule has 0 bridgehead atoms. The first-order chi connectivity index (χ1) is 8.01. The van der Waals surface area contributed by atoms with E-state index in [2.05, 4.69) is 0 Å². The number of sulfonamides is 1. The Morgan fingerprint density at radius 3 is 2.22 bits per heavy atom. The molecule has 0 aromatic heterocycles. The Labute approximate surface area is 106 Å². The van der Waals surface area contributed by atoms with Gasteiger partial charge in [0.1, 0.15) is 0 Å². The molecule has 0 rings (SSSR count). The summed E-state index contributed by atoms with van der Waals surface area (Å²) in [5.74, 6) is -0.485. The average molecular weight is 291 g/mol. The number of rotatable bonds is 8. The maximum Gasteiger partial charge on any atom is 0.389 e. The molecule has 0 saturated heterocycles. The van der Waals surface area contributed by atoms with E-state index in [4.69, 9.17) is 9.88 Å². The third-order valence-corrected chi connectivity index (χ3v) is 3.36. The van der Waals surface area contributed by atoms with Crippen LogP contribution in [0, 0.1) is 11.8 Å². The lowest BCUT2D eigenvalue weighted by molar-refractivity contribution is -0.138. The fourth-order valence-electron chi connectivity index (χ4n) is 1.34. The van der Waals surface area contributed by atoms with Crippen LogP contribution in [0.25, 0.3) is 0 Å². The molecular formula is C10H20F3NO3S. The summed E-state index contributed by atoms with van der Waals surface area (Å²) in [7, 11) is -3.59. The predicted molar refractivity (Wildman–Crippen MR) is 62.4 cm³/mol. The number of hydrogen-bond acceptors (Lipinski definition) is 3. The van der Waals surface area contributed by atoms with Crippen molar-refractivity contribution < 1.29 is 26.3 Å². The first-order valence-corrected chi connectivity index (χ1v) is 7.38. The molecule has 0 aliphatic rings. The minimum absolute atomic E-state index is 0.0333. The lowest BCUT2D eigenvalue weighted by Crippen LogP contribution is -2.29. The molecule has 0 aromatic carbocycles. The zero-order valence-electron chi connectivity index (χ0n) is 10.5. The average Bonchev–Trinajstić information content (AvgIpc) is 2.11. The second-order valence-electron chi connectivity index (χ2n) is 4.63. The van der Waals surface area contributed by atoms with E-state index < -0.39 is 22.6 Å². The highest BCUT2D eigenvalue weighted by Crippen LogP contribution is 2.21. The second-order valence-corrected chi connectivity index (χ2v) is 6.29. The van der Waals surface area contributed by atoms with Crippen molar-refractivity contribution in [1.82, 2.24) is 0 Å². The van der Waals surface area contributed by atoms with Crippen molar-refractivity contribution in [2.24, 2.45) is 17.0 Å². The van der Waals surface area contributed by atoms with Gasteiger partial charge in [-0.15, -0.1) is 0 Å². The molecule has 0 spiro atoms. The number of alkyl halides is 3. The van der Waals surface area contributed by atoms with Crippen molar-refractivity contribution in [3.05, 3.63) is 0 Å². The van der Waals surface area contributed by atoms with Gasteiger partial charge in [0.15, 0.2) is 0 Å². The summed E-state index contributed by atoms with van der Waals surface area (Å²) in [6.45, 7) is 3.70. The third kappa shape index (κ3) is 10.8. The third-order valence-electron chi connectivity index (χ3n) is 2.47. The zero-order chi connectivity index (χ0) is 14.4. The molecule has 0 heterocycles. The van der Waals surface area contributed by atoms with Crippen LogP contribution in [0.1, 0.15) is 26.7 Å². The van der Waals surface area contributed by atoms with E-state index in [1.807, 2.05) is 13.8 Å². The van der Waals surface area contributed by atoms with Gasteiger partial charge >= 0.3 is 6.18 Å². The van der Waals surface area contributed by atoms with Gasteiger partial charge in [0, 0.05) is 13.0 Å². The lowest BCUT2D eigenvalue weighted by atomic mass is 9.99. The van der Waals surface area contributed by atoms with E-state index in [1.165, 1.54) is 0 Å². The maximum absolute atomic E-state index is 11.8. The molecule has 0 fully saturated rings. The van der Waals surface area contributed by atoms with Gasteiger partial charge < -0.3 is 4.74 Å². The molecule has 0 saturated carbocycles. The Morgan fingerprint density at radius 1 is 1.28 bits per heavy atom. The summed E-state index contributed by atoms with van der Waals surface area (Å²) in [5, 5.41) is 4.93. The molecule has 4 nitrogen and oxygen atoms in total. The quantitative estimate of drug-likeness (QED) is 0.694. The standard InChI is InChI=1S/C10H20F3NO3S/c1-8(2)9(7-18(14,15)16)6-17-5-3-4-10(11,12)13/h8-9H,3-7H2,1-2H3,(H2,14,15,16). The van der Waals surface area contributed by atoms with Gasteiger partial charge in [-0.25, -0.2) is 13.6 Å². The predicted octanol–water partition coefficient (Wildman–Crippen LogP) is 1.91. The highest BCUT2D eigenvalue weighted by Gasteiger charge is 2.26. The molecule has 18 heavy (non-hydrogen) atoms. The summed E-state index contributed by atoms with van der Waals surface area (Å²) < 4.78 is 62.5. The molecule has 0 aliphatic heterocycles. The van der Waals surface area contributed by atoms with Gasteiger partial charge in [-0.3, -0.25) is 0 Å². The van der Waals surface area contributed by atoms with Crippen LogP contribution in [-0.2, 0) is 14.8 Å². The first-order valence-electron chi connectivity index (χ1n) is 5.66. The van der Waals surface area contributed by atoms with Gasteiger partial charge in [-0.05, 0) is 18.3 Å². The van der Waals surface area contributed by atoms with Gasteiger partial charge in [0.2, 0.25) is 10.0 Å². The largest absolute Gasteiger partial charge is 0.389 e. The smallest absolute Gasteiger partial charge is 0.381 e. The van der Waals surface area contributed by atoms with Crippen LogP contribution >= 0.6 is 0 Å². The Kier molecular flexibility index (Phi) is 7.16. The minimum Gasteiger partial charge on any atom is -0.381 e. The van der Waals surface area contributed by atoms with E-state index in [-0.39, 0.29) is 37.2 Å². The number of nitrogens with two attached hydrogens (primary N) is 1. The summed E-state index contributed by atoms with van der Waals surface area (Å²) >= 11 is 0. The van der Waals surface area contributed by atoms with E-state index in [1.54, 1.807) is 0 Å². The van der Waals surface area contributed by atoms with Crippen LogP contribution in [0.2, 0.25) is 0 Å². The minimum atomic E-state index is -4.18. The fraction of sp³-hybridized carbons (Fsp3) is 1.00. The number of primary sulfonamides is 1.